The van der Waals surface area contributed by atoms with Crippen molar-refractivity contribution in [3.63, 3.8) is 0 Å². The van der Waals surface area contributed by atoms with Crippen LogP contribution in [0.3, 0.4) is 0 Å². The van der Waals surface area contributed by atoms with E-state index in [-0.39, 0.29) is 61.2 Å². The number of unbranched alkanes of at least 4 members (excludes halogenated alkanes) is 1. The zero-order valence-electron chi connectivity index (χ0n) is 47.2. The van der Waals surface area contributed by atoms with Gasteiger partial charge >= 0.3 is 6.16 Å². The summed E-state index contributed by atoms with van der Waals surface area (Å²) in [6.45, 7) is 15.2. The average molecular weight is 1070 g/mol. The molecule has 3 aromatic rings. The van der Waals surface area contributed by atoms with Crippen molar-refractivity contribution in [3.8, 4) is 5.75 Å². The number of nitro benzene ring substituents is 1. The van der Waals surface area contributed by atoms with E-state index in [4.69, 9.17) is 19.9 Å². The predicted octanol–water partition coefficient (Wildman–Crippen LogP) is 12.1. The van der Waals surface area contributed by atoms with Crippen molar-refractivity contribution in [2.24, 2.45) is 52.1 Å². The van der Waals surface area contributed by atoms with Crippen molar-refractivity contribution < 1.29 is 43.1 Å². The smallest absolute Gasteiger partial charge is 0.429 e. The normalized spacial score (nSPS) is 24.5. The maximum Gasteiger partial charge on any atom is 0.514 e. The first kappa shape index (κ1) is 59.6. The highest BCUT2D eigenvalue weighted by Crippen LogP contribution is 2.67. The van der Waals surface area contributed by atoms with Crippen molar-refractivity contribution in [2.75, 3.05) is 18.1 Å². The maximum atomic E-state index is 14.8. The van der Waals surface area contributed by atoms with Crippen molar-refractivity contribution >= 4 is 41.2 Å². The van der Waals surface area contributed by atoms with Crippen LogP contribution in [0.15, 0.2) is 90.5 Å². The summed E-state index contributed by atoms with van der Waals surface area (Å²) in [4.78, 5) is 78.9. The van der Waals surface area contributed by atoms with E-state index in [1.165, 1.54) is 87.0 Å². The minimum Gasteiger partial charge on any atom is -0.429 e. The van der Waals surface area contributed by atoms with Gasteiger partial charge in [-0.2, -0.15) is 0 Å². The van der Waals surface area contributed by atoms with Gasteiger partial charge in [-0.3, -0.25) is 34.2 Å². The second-order valence-electron chi connectivity index (χ2n) is 23.9. The van der Waals surface area contributed by atoms with E-state index in [0.717, 1.165) is 60.3 Å². The van der Waals surface area contributed by atoms with Gasteiger partial charge in [0, 0.05) is 50.2 Å². The number of anilines is 1. The molecule has 4 N–H and O–H groups in total. The third-order valence-electron chi connectivity index (χ3n) is 18.3. The van der Waals surface area contributed by atoms with E-state index in [1.807, 2.05) is 37.3 Å². The fourth-order valence-electron chi connectivity index (χ4n) is 14.1. The molecular formula is C63H87N5O10. The van der Waals surface area contributed by atoms with Gasteiger partial charge in [0.2, 0.25) is 17.7 Å². The highest BCUT2D eigenvalue weighted by molar-refractivity contribution is 6.04. The molecule has 4 aliphatic rings. The van der Waals surface area contributed by atoms with Crippen molar-refractivity contribution in [1.82, 2.24) is 10.6 Å². The van der Waals surface area contributed by atoms with E-state index in [9.17, 15) is 34.1 Å². The topological polar surface area (TPSA) is 209 Å². The van der Waals surface area contributed by atoms with Crippen molar-refractivity contribution in [3.05, 3.63) is 112 Å². The number of nitrogens with zero attached hydrogens (tertiary/aromatic N) is 2. The number of amides is 4. The number of fused-ring (bicyclic) bond motifs is 5. The summed E-state index contributed by atoms with van der Waals surface area (Å²) in [5.41, 5.74) is 9.81. The molecule has 10 atom stereocenters. The van der Waals surface area contributed by atoms with E-state index in [0.29, 0.717) is 42.7 Å². The predicted molar refractivity (Wildman–Crippen MR) is 302 cm³/mol. The molecule has 4 amide bonds. The molecular weight excluding hydrogens is 987 g/mol. The molecule has 3 unspecified atom stereocenters. The zero-order chi connectivity index (χ0) is 56.0. The van der Waals surface area contributed by atoms with E-state index in [2.05, 4.69) is 51.3 Å². The Morgan fingerprint density at radius 3 is 2.24 bits per heavy atom. The van der Waals surface area contributed by atoms with Crippen LogP contribution < -0.4 is 26.0 Å². The molecule has 78 heavy (non-hydrogen) atoms. The average Bonchev–Trinajstić information content (AvgIpc) is 3.97. The van der Waals surface area contributed by atoms with Crippen LogP contribution in [0.5, 0.6) is 5.75 Å². The first-order valence-electron chi connectivity index (χ1n) is 29.1. The van der Waals surface area contributed by atoms with Gasteiger partial charge in [0.25, 0.3) is 11.6 Å². The third kappa shape index (κ3) is 15.2. The van der Waals surface area contributed by atoms with Crippen LogP contribution in [0, 0.1) is 56.5 Å². The molecule has 0 bridgehead atoms. The molecule has 3 saturated carbocycles. The van der Waals surface area contributed by atoms with Crippen LogP contribution in [0.1, 0.15) is 162 Å². The maximum absolute atomic E-state index is 14.8. The van der Waals surface area contributed by atoms with E-state index in [1.54, 1.807) is 29.8 Å². The Labute approximate surface area is 462 Å². The number of allylic oxidation sites excluding steroid dienone is 1. The Morgan fingerprint density at radius 1 is 0.821 bits per heavy atom. The van der Waals surface area contributed by atoms with Gasteiger partial charge < -0.3 is 30.6 Å². The number of hydrogen-bond acceptors (Lipinski definition) is 10. The number of carbonyl (C=O) groups is 5. The molecule has 15 heteroatoms. The van der Waals surface area contributed by atoms with E-state index < -0.39 is 40.9 Å². The number of nitrogens with one attached hydrogen (secondary N) is 2. The SMILES string of the molecule is CCCC[C@@H](C(N)=O)N(C(=O)[C@H](Cc1ccccc1)NC(=O)CCC(=O)NCCCO[C@H]1CC[C@@]2(C)C(=CCC3C2CC[C@@]2(C)C3CC[C@@H]2[C@H](C)CCCC(C)C)C1)c1ccc(COC(=O)Oc2ccc([N+](=O)[O-])cc2)cc1. The van der Waals surface area contributed by atoms with Crippen molar-refractivity contribution in [2.45, 2.75) is 182 Å². The summed E-state index contributed by atoms with van der Waals surface area (Å²) in [6.07, 6.45) is 17.9. The lowest BCUT2D eigenvalue weighted by atomic mass is 9.47. The Hall–Kier alpha value is -6.09. The lowest BCUT2D eigenvalue weighted by Gasteiger charge is -2.58. The van der Waals surface area contributed by atoms with Gasteiger partial charge in [0.05, 0.1) is 11.0 Å². The molecule has 0 aromatic heterocycles. The molecule has 0 saturated heterocycles. The minimum atomic E-state index is -1.12. The number of nitrogens with two attached hydrogens (primary N) is 1. The third-order valence-corrected chi connectivity index (χ3v) is 18.3. The number of non-ortho nitro benzene ring substituents is 1. The number of carbonyl (C=O) groups excluding carboxylic acids is 5. The number of rotatable bonds is 27. The number of ether oxygens (including phenoxy) is 3. The van der Waals surface area contributed by atoms with Crippen molar-refractivity contribution in [1.29, 1.82) is 0 Å². The molecule has 0 spiro atoms. The fraction of sp³-hybridized carbons (Fsp3) is 0.603. The van der Waals surface area contributed by atoms with Crippen LogP contribution in [-0.4, -0.2) is 66.0 Å². The molecule has 3 aromatic carbocycles. The summed E-state index contributed by atoms with van der Waals surface area (Å²) in [7, 11) is 0. The van der Waals surface area contributed by atoms with Crippen LogP contribution in [-0.2, 0) is 41.7 Å². The highest BCUT2D eigenvalue weighted by atomic mass is 16.7. The molecule has 7 rings (SSSR count). The summed E-state index contributed by atoms with van der Waals surface area (Å²) in [5, 5.41) is 16.8. The van der Waals surface area contributed by atoms with Gasteiger partial charge in [-0.15, -0.1) is 0 Å². The molecule has 0 aliphatic heterocycles. The van der Waals surface area contributed by atoms with Crippen LogP contribution in [0.4, 0.5) is 16.2 Å². The van der Waals surface area contributed by atoms with Gasteiger partial charge in [-0.25, -0.2) is 4.79 Å². The molecule has 0 heterocycles. The molecule has 424 valence electrons. The largest absolute Gasteiger partial charge is 0.514 e. The summed E-state index contributed by atoms with van der Waals surface area (Å²) < 4.78 is 16.9. The van der Waals surface area contributed by atoms with Gasteiger partial charge in [-0.1, -0.05) is 128 Å². The molecule has 4 aliphatic carbocycles. The number of nitro groups is 1. The Balaban J connectivity index is 0.887. The highest BCUT2D eigenvalue weighted by Gasteiger charge is 2.59. The van der Waals surface area contributed by atoms with Crippen LogP contribution >= 0.6 is 0 Å². The van der Waals surface area contributed by atoms with E-state index >= 15 is 0 Å². The number of hydrogen-bond donors (Lipinski definition) is 3. The van der Waals surface area contributed by atoms with Gasteiger partial charge in [0.15, 0.2) is 0 Å². The lowest BCUT2D eigenvalue weighted by molar-refractivity contribution is -0.384. The van der Waals surface area contributed by atoms with Crippen LogP contribution in [0.2, 0.25) is 0 Å². The molecule has 0 radical (unpaired) electrons. The zero-order valence-corrected chi connectivity index (χ0v) is 47.2. The first-order valence-corrected chi connectivity index (χ1v) is 29.1. The van der Waals surface area contributed by atoms with Gasteiger partial charge in [-0.05, 0) is 146 Å². The standard InChI is InChI=1S/C63H87N5O10/c1-7-8-18-56(59(64)71)67(47-22-19-45(20-23-47)41-77-61(73)78-49-26-24-48(25-27-49)68(74)75)60(72)55(39-44-16-10-9-11-17-44)66-58(70)32-31-57(69)65-37-13-38-76-50-33-35-62(5)46(40-50)21-28-51-53-30-29-52(43(4)15-12-14-42(2)3)63(53,6)36-34-54(51)62/h9-11,16-17,19-27,42-43,50-56H,7-8,12-15,18,28-41H2,1-6H3,(H2,64,71)(H,65,69)(H,66,70)/t43-,50+,51?,52-,53?,54?,55+,56+,62+,63-/m1/s1. The summed E-state index contributed by atoms with van der Waals surface area (Å²) >= 11 is 0. The number of primary amides is 1. The monoisotopic (exact) mass is 1070 g/mol. The summed E-state index contributed by atoms with van der Waals surface area (Å²) in [6, 6.07) is 18.5. The number of benzene rings is 3. The Bertz CT molecular complexity index is 2540. The molecule has 3 fully saturated rings. The lowest BCUT2D eigenvalue weighted by Crippen LogP contribution is -2.56. The Kier molecular flexibility index (Phi) is 21.1. The van der Waals surface area contributed by atoms with Crippen LogP contribution in [0.25, 0.3) is 0 Å². The second kappa shape index (κ2) is 27.7. The summed E-state index contributed by atoms with van der Waals surface area (Å²) in [5.74, 6) is 2.88. The molecule has 15 nitrogen and oxygen atoms in total. The fourth-order valence-corrected chi connectivity index (χ4v) is 14.1. The van der Waals surface area contributed by atoms with Gasteiger partial charge in [0.1, 0.15) is 24.4 Å². The minimum absolute atomic E-state index is 0.0631. The quantitative estimate of drug-likeness (QED) is 0.0164. The first-order chi connectivity index (χ1) is 37.4. The second-order valence-corrected chi connectivity index (χ2v) is 23.9. The Morgan fingerprint density at radius 2 is 1.55 bits per heavy atom.